The van der Waals surface area contributed by atoms with Crippen LogP contribution in [0, 0.1) is 6.92 Å². The van der Waals surface area contributed by atoms with E-state index in [0.717, 1.165) is 0 Å². The van der Waals surface area contributed by atoms with E-state index in [0.29, 0.717) is 5.54 Å². The average molecular weight is 351 g/mol. The van der Waals surface area contributed by atoms with Gasteiger partial charge in [-0.1, -0.05) is 61.6 Å². The van der Waals surface area contributed by atoms with Gasteiger partial charge in [0.05, 0.1) is 0 Å². The summed E-state index contributed by atoms with van der Waals surface area (Å²) in [4.78, 5) is 3.94. The van der Waals surface area contributed by atoms with Gasteiger partial charge in [-0.2, -0.15) is 0 Å². The minimum absolute atomic E-state index is 0.130. The average Bonchev–Trinajstić information content (AvgIpc) is 2.87. The second kappa shape index (κ2) is 6.47. The molecule has 0 spiro atoms. The number of para-hydroxylation sites is 1. The summed E-state index contributed by atoms with van der Waals surface area (Å²) in [5.74, 6) is 0. The van der Waals surface area contributed by atoms with Gasteiger partial charge in [-0.25, -0.2) is 0 Å². The van der Waals surface area contributed by atoms with E-state index in [4.69, 9.17) is 0 Å². The molecule has 1 aliphatic carbocycles. The highest BCUT2D eigenvalue weighted by atomic mass is 28.3. The standard InChI is InChI=1S/C22H30N2Si/c1-16-11-7-10-14-19(16)23-20-15-21(18-13-9-8-12-17(18)20)25(5,6)24-22(2,3)4/h7-15,21,23-24H,1-6H3. The first-order chi connectivity index (χ1) is 11.7. The van der Waals surface area contributed by atoms with Gasteiger partial charge in [0, 0.05) is 28.0 Å². The molecule has 0 saturated carbocycles. The number of aryl methyl sites for hydroxylation is 1. The highest BCUT2D eigenvalue weighted by Crippen LogP contribution is 2.41. The number of fused-ring (bicyclic) bond motifs is 1. The van der Waals surface area contributed by atoms with E-state index >= 15 is 0 Å². The lowest BCUT2D eigenvalue weighted by atomic mass is 10.1. The first-order valence-electron chi connectivity index (χ1n) is 9.10. The number of hydrogen-bond donors (Lipinski definition) is 2. The smallest absolute Gasteiger partial charge is 0.131 e. The van der Waals surface area contributed by atoms with Crippen molar-refractivity contribution in [2.45, 2.75) is 51.9 Å². The van der Waals surface area contributed by atoms with Crippen LogP contribution in [0.1, 0.15) is 43.0 Å². The Morgan fingerprint density at radius 2 is 1.56 bits per heavy atom. The minimum Gasteiger partial charge on any atom is -0.355 e. The van der Waals surface area contributed by atoms with Crippen LogP contribution >= 0.6 is 0 Å². The molecule has 0 aromatic heterocycles. The molecule has 2 nitrogen and oxygen atoms in total. The maximum atomic E-state index is 3.94. The fourth-order valence-corrected chi connectivity index (χ4v) is 7.67. The number of benzene rings is 2. The normalized spacial score (nSPS) is 17.2. The first kappa shape index (κ1) is 18.0. The Hall–Kier alpha value is -1.84. The van der Waals surface area contributed by atoms with Gasteiger partial charge in [0.15, 0.2) is 0 Å². The van der Waals surface area contributed by atoms with E-state index < -0.39 is 8.24 Å². The van der Waals surface area contributed by atoms with E-state index in [2.05, 4.69) is 106 Å². The second-order valence-corrected chi connectivity index (χ2v) is 13.0. The van der Waals surface area contributed by atoms with Crippen LogP contribution in [0.2, 0.25) is 13.1 Å². The summed E-state index contributed by atoms with van der Waals surface area (Å²) >= 11 is 0. The third kappa shape index (κ3) is 3.88. The van der Waals surface area contributed by atoms with Crippen molar-refractivity contribution >= 4 is 19.6 Å². The predicted molar refractivity (Wildman–Crippen MR) is 112 cm³/mol. The molecule has 0 fully saturated rings. The number of rotatable bonds is 4. The van der Waals surface area contributed by atoms with Crippen molar-refractivity contribution in [2.75, 3.05) is 5.32 Å². The molecule has 0 radical (unpaired) electrons. The van der Waals surface area contributed by atoms with Crippen molar-refractivity contribution in [1.82, 2.24) is 4.98 Å². The number of anilines is 1. The summed E-state index contributed by atoms with van der Waals surface area (Å²) in [6, 6.07) is 17.3. The second-order valence-electron chi connectivity index (χ2n) is 8.68. The Morgan fingerprint density at radius 1 is 0.920 bits per heavy atom. The Labute approximate surface area is 153 Å². The van der Waals surface area contributed by atoms with E-state index in [1.165, 1.54) is 28.1 Å². The van der Waals surface area contributed by atoms with Crippen LogP contribution in [-0.2, 0) is 0 Å². The van der Waals surface area contributed by atoms with Crippen molar-refractivity contribution in [3.8, 4) is 0 Å². The van der Waals surface area contributed by atoms with Crippen LogP contribution in [0.5, 0.6) is 0 Å². The monoisotopic (exact) mass is 350 g/mol. The zero-order valence-corrected chi connectivity index (χ0v) is 17.3. The minimum atomic E-state index is -1.70. The molecule has 1 aliphatic rings. The van der Waals surface area contributed by atoms with E-state index in [-0.39, 0.29) is 5.54 Å². The maximum Gasteiger partial charge on any atom is 0.131 e. The maximum absolute atomic E-state index is 3.94. The predicted octanol–water partition coefficient (Wildman–Crippen LogP) is 5.68. The zero-order chi connectivity index (χ0) is 18.2. The van der Waals surface area contributed by atoms with Gasteiger partial charge in [0.1, 0.15) is 8.24 Å². The molecule has 3 rings (SSSR count). The van der Waals surface area contributed by atoms with Crippen LogP contribution in [0.15, 0.2) is 54.6 Å². The van der Waals surface area contributed by atoms with Gasteiger partial charge in [-0.15, -0.1) is 0 Å². The molecule has 2 aromatic carbocycles. The molecule has 0 aliphatic heterocycles. The summed E-state index contributed by atoms with van der Waals surface area (Å²) in [5, 5.41) is 3.69. The Balaban J connectivity index is 1.98. The number of nitrogens with one attached hydrogen (secondary N) is 2. The summed E-state index contributed by atoms with van der Waals surface area (Å²) in [6.07, 6.45) is 2.45. The van der Waals surface area contributed by atoms with E-state index in [1.807, 2.05) is 0 Å². The van der Waals surface area contributed by atoms with Gasteiger partial charge in [0.2, 0.25) is 0 Å². The molecule has 1 atom stereocenters. The largest absolute Gasteiger partial charge is 0.355 e. The molecule has 0 heterocycles. The van der Waals surface area contributed by atoms with Crippen molar-refractivity contribution in [3.63, 3.8) is 0 Å². The van der Waals surface area contributed by atoms with Crippen LogP contribution in [0.4, 0.5) is 5.69 Å². The molecule has 2 N–H and O–H groups in total. The fraction of sp³-hybridized carbons (Fsp3) is 0.364. The van der Waals surface area contributed by atoms with Crippen molar-refractivity contribution < 1.29 is 0 Å². The van der Waals surface area contributed by atoms with E-state index in [1.54, 1.807) is 0 Å². The van der Waals surface area contributed by atoms with Crippen LogP contribution in [-0.4, -0.2) is 13.8 Å². The van der Waals surface area contributed by atoms with Crippen LogP contribution in [0.3, 0.4) is 0 Å². The quantitative estimate of drug-likeness (QED) is 0.693. The molecule has 132 valence electrons. The highest BCUT2D eigenvalue weighted by Gasteiger charge is 2.39. The zero-order valence-electron chi connectivity index (χ0n) is 16.3. The third-order valence-electron chi connectivity index (χ3n) is 4.81. The highest BCUT2D eigenvalue weighted by molar-refractivity contribution is 6.77. The molecular formula is C22H30N2Si. The van der Waals surface area contributed by atoms with Crippen molar-refractivity contribution in [3.05, 3.63) is 71.3 Å². The third-order valence-corrected chi connectivity index (χ3v) is 8.24. The topological polar surface area (TPSA) is 24.1 Å². The summed E-state index contributed by atoms with van der Waals surface area (Å²) < 4.78 is 0. The van der Waals surface area contributed by atoms with E-state index in [9.17, 15) is 0 Å². The Morgan fingerprint density at radius 3 is 2.24 bits per heavy atom. The molecular weight excluding hydrogens is 320 g/mol. The summed E-state index contributed by atoms with van der Waals surface area (Å²) in [6.45, 7) is 13.8. The summed E-state index contributed by atoms with van der Waals surface area (Å²) in [5.41, 5.74) is 7.09. The molecule has 3 heteroatoms. The molecule has 2 aromatic rings. The van der Waals surface area contributed by atoms with Crippen LogP contribution in [0.25, 0.3) is 5.70 Å². The lowest BCUT2D eigenvalue weighted by molar-refractivity contribution is 0.509. The fourth-order valence-electron chi connectivity index (χ4n) is 3.97. The SMILES string of the molecule is Cc1ccccc1NC1=CC([Si](C)(C)NC(C)(C)C)c2ccccc21. The van der Waals surface area contributed by atoms with Crippen molar-refractivity contribution in [2.24, 2.45) is 0 Å². The number of hydrogen-bond acceptors (Lipinski definition) is 2. The lowest BCUT2D eigenvalue weighted by Crippen LogP contribution is -2.57. The van der Waals surface area contributed by atoms with Gasteiger partial charge in [-0.05, 0) is 44.9 Å². The number of allylic oxidation sites excluding steroid dienone is 1. The molecule has 0 bridgehead atoms. The van der Waals surface area contributed by atoms with Gasteiger partial charge in [-0.3, -0.25) is 0 Å². The molecule has 25 heavy (non-hydrogen) atoms. The lowest BCUT2D eigenvalue weighted by Gasteiger charge is -2.37. The Kier molecular flexibility index (Phi) is 4.65. The first-order valence-corrected chi connectivity index (χ1v) is 12.2. The molecule has 0 saturated heterocycles. The van der Waals surface area contributed by atoms with Crippen LogP contribution < -0.4 is 10.3 Å². The molecule has 0 amide bonds. The van der Waals surface area contributed by atoms with Gasteiger partial charge >= 0.3 is 0 Å². The van der Waals surface area contributed by atoms with Crippen molar-refractivity contribution in [1.29, 1.82) is 0 Å². The summed E-state index contributed by atoms with van der Waals surface area (Å²) in [7, 11) is -1.70. The Bertz CT molecular complexity index is 800. The van der Waals surface area contributed by atoms with Gasteiger partial charge in [0.25, 0.3) is 0 Å². The molecule has 1 unspecified atom stereocenters. The van der Waals surface area contributed by atoms with Gasteiger partial charge < -0.3 is 10.3 Å².